The summed E-state index contributed by atoms with van der Waals surface area (Å²) in [6, 6.07) is 16.9. The maximum atomic E-state index is 11.1. The van der Waals surface area contributed by atoms with Crippen LogP contribution in [0.5, 0.6) is 0 Å². The van der Waals surface area contributed by atoms with E-state index in [0.717, 1.165) is 5.56 Å². The molecule has 2 rings (SSSR count). The molecule has 18 heavy (non-hydrogen) atoms. The van der Waals surface area contributed by atoms with Crippen molar-refractivity contribution in [1.29, 1.82) is 0 Å². The lowest BCUT2D eigenvalue weighted by atomic mass is 10.1. The largest absolute Gasteiger partial charge is 0.478 e. The molecule has 0 aliphatic heterocycles. The standard InChI is InChI=1S/C15H15NO2/c1-11(12-7-3-2-4-8-12)16-14-10-6-5-9-13(14)15(17)18/h2-11,16H,1H3,(H,17,18)/t11-/m0/s1. The molecule has 2 aromatic carbocycles. The smallest absolute Gasteiger partial charge is 0.337 e. The Morgan fingerprint density at radius 3 is 2.33 bits per heavy atom. The van der Waals surface area contributed by atoms with Crippen LogP contribution in [0.3, 0.4) is 0 Å². The summed E-state index contributed by atoms with van der Waals surface area (Å²) >= 11 is 0. The third-order valence-electron chi connectivity index (χ3n) is 2.83. The Balaban J connectivity index is 2.22. The van der Waals surface area contributed by atoms with Gasteiger partial charge >= 0.3 is 5.97 Å². The molecule has 2 N–H and O–H groups in total. The lowest BCUT2D eigenvalue weighted by Crippen LogP contribution is -2.10. The highest BCUT2D eigenvalue weighted by Crippen LogP contribution is 2.22. The van der Waals surface area contributed by atoms with Crippen molar-refractivity contribution in [2.45, 2.75) is 13.0 Å². The van der Waals surface area contributed by atoms with Crippen molar-refractivity contribution < 1.29 is 9.90 Å². The van der Waals surface area contributed by atoms with Crippen molar-refractivity contribution in [3.05, 3.63) is 65.7 Å². The van der Waals surface area contributed by atoms with E-state index in [-0.39, 0.29) is 6.04 Å². The van der Waals surface area contributed by atoms with Crippen molar-refractivity contribution >= 4 is 11.7 Å². The van der Waals surface area contributed by atoms with Gasteiger partial charge in [0.05, 0.1) is 5.56 Å². The van der Waals surface area contributed by atoms with Crippen LogP contribution in [0.25, 0.3) is 0 Å². The molecule has 0 aromatic heterocycles. The second kappa shape index (κ2) is 5.36. The number of hydrogen-bond acceptors (Lipinski definition) is 2. The molecular weight excluding hydrogens is 226 g/mol. The maximum Gasteiger partial charge on any atom is 0.337 e. The minimum Gasteiger partial charge on any atom is -0.478 e. The van der Waals surface area contributed by atoms with Crippen LogP contribution in [0.1, 0.15) is 28.9 Å². The van der Waals surface area contributed by atoms with E-state index in [1.165, 1.54) is 0 Å². The number of carboxylic acid groups (broad SMARTS) is 1. The molecule has 0 aliphatic rings. The van der Waals surface area contributed by atoms with Crippen LogP contribution in [-0.2, 0) is 0 Å². The number of para-hydroxylation sites is 1. The number of anilines is 1. The van der Waals surface area contributed by atoms with Crippen LogP contribution in [0, 0.1) is 0 Å². The van der Waals surface area contributed by atoms with Gasteiger partial charge in [0.2, 0.25) is 0 Å². The molecule has 1 atom stereocenters. The van der Waals surface area contributed by atoms with Gasteiger partial charge in [-0.1, -0.05) is 42.5 Å². The summed E-state index contributed by atoms with van der Waals surface area (Å²) in [6.45, 7) is 2.01. The van der Waals surface area contributed by atoms with Gasteiger partial charge in [0, 0.05) is 11.7 Å². The molecule has 0 fully saturated rings. The monoisotopic (exact) mass is 241 g/mol. The summed E-state index contributed by atoms with van der Waals surface area (Å²) in [5.74, 6) is -0.918. The van der Waals surface area contributed by atoms with Crippen LogP contribution in [0.2, 0.25) is 0 Å². The van der Waals surface area contributed by atoms with Crippen molar-refractivity contribution in [2.24, 2.45) is 0 Å². The average Bonchev–Trinajstić information content (AvgIpc) is 2.40. The highest BCUT2D eigenvalue weighted by molar-refractivity contribution is 5.94. The number of benzene rings is 2. The minimum absolute atomic E-state index is 0.0618. The fraction of sp³-hybridized carbons (Fsp3) is 0.133. The van der Waals surface area contributed by atoms with Gasteiger partial charge in [0.1, 0.15) is 0 Å². The fourth-order valence-electron chi connectivity index (χ4n) is 1.85. The van der Waals surface area contributed by atoms with E-state index in [1.807, 2.05) is 43.3 Å². The first-order valence-corrected chi connectivity index (χ1v) is 5.82. The summed E-state index contributed by atoms with van der Waals surface area (Å²) in [6.07, 6.45) is 0. The van der Waals surface area contributed by atoms with E-state index in [9.17, 15) is 4.79 Å². The van der Waals surface area contributed by atoms with Gasteiger partial charge in [-0.15, -0.1) is 0 Å². The summed E-state index contributed by atoms with van der Waals surface area (Å²) in [4.78, 5) is 11.1. The second-order valence-corrected chi connectivity index (χ2v) is 4.13. The number of hydrogen-bond donors (Lipinski definition) is 2. The molecule has 92 valence electrons. The predicted octanol–water partition coefficient (Wildman–Crippen LogP) is 3.56. The zero-order valence-electron chi connectivity index (χ0n) is 10.1. The lowest BCUT2D eigenvalue weighted by molar-refractivity contribution is 0.0698. The summed E-state index contributed by atoms with van der Waals surface area (Å²) in [7, 11) is 0. The molecule has 0 radical (unpaired) electrons. The van der Waals surface area contributed by atoms with Crippen molar-refractivity contribution in [3.63, 3.8) is 0 Å². The molecule has 0 saturated carbocycles. The summed E-state index contributed by atoms with van der Waals surface area (Å²) in [5.41, 5.74) is 2.05. The van der Waals surface area contributed by atoms with Gasteiger partial charge in [-0.2, -0.15) is 0 Å². The van der Waals surface area contributed by atoms with Gasteiger partial charge < -0.3 is 10.4 Å². The number of carboxylic acids is 1. The van der Waals surface area contributed by atoms with Crippen LogP contribution in [-0.4, -0.2) is 11.1 Å². The van der Waals surface area contributed by atoms with Gasteiger partial charge in [0.25, 0.3) is 0 Å². The Morgan fingerprint density at radius 1 is 1.06 bits per heavy atom. The number of aromatic carboxylic acids is 1. The zero-order valence-corrected chi connectivity index (χ0v) is 10.1. The molecule has 3 heteroatoms. The topological polar surface area (TPSA) is 49.3 Å². The summed E-state index contributed by atoms with van der Waals surface area (Å²) in [5, 5.41) is 12.3. The Bertz CT molecular complexity index is 537. The third kappa shape index (κ3) is 2.69. The van der Waals surface area contributed by atoms with Crippen molar-refractivity contribution in [2.75, 3.05) is 5.32 Å². The van der Waals surface area contributed by atoms with Gasteiger partial charge in [0.15, 0.2) is 0 Å². The van der Waals surface area contributed by atoms with Gasteiger partial charge in [-0.25, -0.2) is 4.79 Å². The highest BCUT2D eigenvalue weighted by atomic mass is 16.4. The molecule has 3 nitrogen and oxygen atoms in total. The second-order valence-electron chi connectivity index (χ2n) is 4.13. The van der Waals surface area contributed by atoms with Crippen LogP contribution in [0.15, 0.2) is 54.6 Å². The van der Waals surface area contributed by atoms with E-state index in [2.05, 4.69) is 5.32 Å². The Hall–Kier alpha value is -2.29. The predicted molar refractivity (Wildman–Crippen MR) is 71.9 cm³/mol. The molecule has 0 saturated heterocycles. The van der Waals surface area contributed by atoms with Gasteiger partial charge in [-0.3, -0.25) is 0 Å². The normalized spacial score (nSPS) is 11.8. The fourth-order valence-corrected chi connectivity index (χ4v) is 1.85. The quantitative estimate of drug-likeness (QED) is 0.860. The molecule has 0 aliphatic carbocycles. The van der Waals surface area contributed by atoms with E-state index < -0.39 is 5.97 Å². The lowest BCUT2D eigenvalue weighted by Gasteiger charge is -2.17. The van der Waals surface area contributed by atoms with E-state index in [0.29, 0.717) is 11.3 Å². The number of nitrogens with one attached hydrogen (secondary N) is 1. The van der Waals surface area contributed by atoms with Crippen LogP contribution >= 0.6 is 0 Å². The zero-order chi connectivity index (χ0) is 13.0. The van der Waals surface area contributed by atoms with Crippen molar-refractivity contribution in [3.8, 4) is 0 Å². The molecular formula is C15H15NO2. The molecule has 0 heterocycles. The Kier molecular flexibility index (Phi) is 3.63. The van der Waals surface area contributed by atoms with E-state index in [4.69, 9.17) is 5.11 Å². The molecule has 0 bridgehead atoms. The average molecular weight is 241 g/mol. The van der Waals surface area contributed by atoms with Crippen molar-refractivity contribution in [1.82, 2.24) is 0 Å². The van der Waals surface area contributed by atoms with Gasteiger partial charge in [-0.05, 0) is 24.6 Å². The Labute approximate surface area is 106 Å². The molecule has 0 unspecified atom stereocenters. The molecule has 2 aromatic rings. The van der Waals surface area contributed by atoms with E-state index in [1.54, 1.807) is 18.2 Å². The number of rotatable bonds is 4. The first kappa shape index (κ1) is 12.2. The molecule has 0 spiro atoms. The maximum absolute atomic E-state index is 11.1. The minimum atomic E-state index is -0.918. The van der Waals surface area contributed by atoms with Crippen LogP contribution in [0.4, 0.5) is 5.69 Å². The first-order chi connectivity index (χ1) is 8.68. The van der Waals surface area contributed by atoms with E-state index >= 15 is 0 Å². The van der Waals surface area contributed by atoms with Crippen LogP contribution < -0.4 is 5.32 Å². The third-order valence-corrected chi connectivity index (χ3v) is 2.83. The first-order valence-electron chi connectivity index (χ1n) is 5.82. The summed E-state index contributed by atoms with van der Waals surface area (Å²) < 4.78 is 0. The highest BCUT2D eigenvalue weighted by Gasteiger charge is 2.11. The number of carbonyl (C=O) groups is 1. The molecule has 0 amide bonds. The Morgan fingerprint density at radius 2 is 1.67 bits per heavy atom. The SMILES string of the molecule is C[C@H](Nc1ccccc1C(=O)O)c1ccccc1.